The first kappa shape index (κ1) is 37.9. The Morgan fingerprint density at radius 3 is 1.34 bits per heavy atom. The monoisotopic (exact) mass is 885 g/mol. The fraction of sp³-hybridized carbons (Fsp3) is 0. The highest BCUT2D eigenvalue weighted by atomic mass is 15.2. The maximum Gasteiger partial charge on any atom is 0.252 e. The Kier molecular flexibility index (Phi) is 7.45. The summed E-state index contributed by atoms with van der Waals surface area (Å²) in [6.45, 7) is 8.39. The van der Waals surface area contributed by atoms with Crippen LogP contribution in [0, 0.1) is 0 Å². The summed E-state index contributed by atoms with van der Waals surface area (Å²) in [7, 11) is 0. The van der Waals surface area contributed by atoms with Crippen LogP contribution in [0.3, 0.4) is 0 Å². The molecule has 0 aliphatic carbocycles. The Hall–Kier alpha value is -9.12. The van der Waals surface area contributed by atoms with E-state index in [1.165, 1.54) is 125 Å². The first-order valence-corrected chi connectivity index (χ1v) is 24.3. The van der Waals surface area contributed by atoms with E-state index in [0.29, 0.717) is 0 Å². The first-order chi connectivity index (χ1) is 34.6. The van der Waals surface area contributed by atoms with Gasteiger partial charge in [-0.25, -0.2) is 0 Å². The van der Waals surface area contributed by atoms with Gasteiger partial charge in [-0.3, -0.25) is 0 Å². The number of benzene rings is 12. The third-order valence-electron chi connectivity index (χ3n) is 15.9. The number of nitrogens with zero attached hydrogens (tertiary/aromatic N) is 3. The highest BCUT2D eigenvalue weighted by molar-refractivity contribution is 7.00. The molecule has 0 saturated heterocycles. The predicted molar refractivity (Wildman–Crippen MR) is 302 cm³/mol. The van der Waals surface area contributed by atoms with Crippen molar-refractivity contribution in [2.75, 3.05) is 4.90 Å². The van der Waals surface area contributed by atoms with Gasteiger partial charge in [-0.15, -0.1) is 0 Å². The quantitative estimate of drug-likeness (QED) is 0.157. The summed E-state index contributed by atoms with van der Waals surface area (Å²) in [4.78, 5) is 2.46. The second-order valence-corrected chi connectivity index (χ2v) is 19.3. The Bertz CT molecular complexity index is 4500. The molecule has 0 N–H and O–H groups in total. The minimum Gasteiger partial charge on any atom is -0.310 e. The van der Waals surface area contributed by atoms with Crippen LogP contribution >= 0.6 is 0 Å². The number of anilines is 3. The zero-order valence-electron chi connectivity index (χ0n) is 38.1. The molecule has 2 aromatic heterocycles. The molecule has 0 amide bonds. The van der Waals surface area contributed by atoms with Crippen LogP contribution in [0.2, 0.25) is 0 Å². The van der Waals surface area contributed by atoms with E-state index in [1.54, 1.807) is 0 Å². The summed E-state index contributed by atoms with van der Waals surface area (Å²) in [6, 6.07) is 77.6. The highest BCUT2D eigenvalue weighted by Gasteiger charge is 2.43. The van der Waals surface area contributed by atoms with Crippen LogP contribution < -0.4 is 21.3 Å². The first-order valence-electron chi connectivity index (χ1n) is 24.3. The van der Waals surface area contributed by atoms with Crippen molar-refractivity contribution in [1.29, 1.82) is 0 Å². The molecule has 4 heteroatoms. The van der Waals surface area contributed by atoms with Gasteiger partial charge in [0, 0.05) is 44.3 Å². The van der Waals surface area contributed by atoms with Crippen molar-refractivity contribution in [1.82, 2.24) is 9.13 Å². The van der Waals surface area contributed by atoms with Gasteiger partial charge in [-0.1, -0.05) is 183 Å². The Labute approximate surface area is 403 Å². The summed E-state index contributed by atoms with van der Waals surface area (Å²) in [5.74, 6) is 0. The van der Waals surface area contributed by atoms with Crippen molar-refractivity contribution in [2.45, 2.75) is 0 Å². The van der Waals surface area contributed by atoms with Crippen LogP contribution in [0.4, 0.5) is 17.1 Å². The van der Waals surface area contributed by atoms with Crippen LogP contribution in [0.25, 0.3) is 121 Å². The van der Waals surface area contributed by atoms with Gasteiger partial charge in [0.1, 0.15) is 0 Å². The van der Waals surface area contributed by atoms with Gasteiger partial charge in [-0.05, 0) is 130 Å². The number of hydrogen-bond acceptors (Lipinski definition) is 1. The van der Waals surface area contributed by atoms with Crippen LogP contribution in [0.5, 0.6) is 0 Å². The molecule has 0 bridgehead atoms. The van der Waals surface area contributed by atoms with Crippen LogP contribution in [-0.2, 0) is 0 Å². The van der Waals surface area contributed by atoms with Crippen LogP contribution in [0.1, 0.15) is 11.1 Å². The van der Waals surface area contributed by atoms with Crippen molar-refractivity contribution < 1.29 is 0 Å². The van der Waals surface area contributed by atoms with Crippen LogP contribution in [0.15, 0.2) is 219 Å². The molecule has 12 aromatic carbocycles. The molecule has 322 valence electrons. The minimum atomic E-state index is -0.0576. The average Bonchev–Trinajstić information content (AvgIpc) is 3.97. The average molecular weight is 886 g/mol. The highest BCUT2D eigenvalue weighted by Crippen LogP contribution is 2.48. The summed E-state index contributed by atoms with van der Waals surface area (Å²) in [6.07, 6.45) is 3.87. The predicted octanol–water partition coefficient (Wildman–Crippen LogP) is 15.5. The van der Waals surface area contributed by atoms with E-state index in [9.17, 15) is 0 Å². The Balaban J connectivity index is 1.14. The second-order valence-electron chi connectivity index (χ2n) is 19.3. The maximum absolute atomic E-state index is 4.27. The molecular formula is C66H40BN3. The summed E-state index contributed by atoms with van der Waals surface area (Å²) < 4.78 is 5.27. The third kappa shape index (κ3) is 4.84. The molecule has 2 aliphatic rings. The fourth-order valence-electron chi connectivity index (χ4n) is 13.0. The van der Waals surface area contributed by atoms with Crippen molar-refractivity contribution >= 4 is 150 Å². The standard InChI is InChI=1S/C66H40BN3/c1-3-39-25-29-47(33-40(39)4-2)68(48-30-26-41-15-5-6-18-44(41)34-48)49-37-58-64-59(38-49)70-57-32-28-43-17-8-12-22-51(43)61(57)63-53-24-14-10-20-46(53)36-55(66(63)70)67(64)54-35-45-19-9-13-23-52(45)62-60-50-21-11-7-16-42(50)27-31-56(60)69(58)65(54)62/h3-38H,1-2H2. The SMILES string of the molecule is C=Cc1ccc(N(c2cc3c4c(c2)-n2c5ccc6ccccc6c5c5c6ccccc6cc(c52)B4c2cc4ccccc4c4c5c6ccccc6ccc5n-3c24)c2ccc3ccccc3c2)cc1C=C. The summed E-state index contributed by atoms with van der Waals surface area (Å²) >= 11 is 0. The van der Waals surface area contributed by atoms with E-state index in [1.807, 2.05) is 12.2 Å². The van der Waals surface area contributed by atoms with Gasteiger partial charge in [0.15, 0.2) is 0 Å². The molecule has 0 saturated carbocycles. The summed E-state index contributed by atoms with van der Waals surface area (Å²) in [5, 5.41) is 17.7. The fourth-order valence-corrected chi connectivity index (χ4v) is 13.0. The molecule has 0 unspecified atom stereocenters. The van der Waals surface area contributed by atoms with Gasteiger partial charge < -0.3 is 14.0 Å². The van der Waals surface area contributed by atoms with Crippen molar-refractivity contribution in [3.8, 4) is 11.4 Å². The Morgan fingerprint density at radius 1 is 0.357 bits per heavy atom. The van der Waals surface area contributed by atoms with Gasteiger partial charge in [0.25, 0.3) is 6.71 Å². The molecule has 16 rings (SSSR count). The lowest BCUT2D eigenvalue weighted by Crippen LogP contribution is -2.59. The van der Waals surface area contributed by atoms with Crippen molar-refractivity contribution in [2.24, 2.45) is 0 Å². The normalized spacial score (nSPS) is 12.7. The minimum absolute atomic E-state index is 0.0576. The van der Waals surface area contributed by atoms with Crippen LogP contribution in [-0.4, -0.2) is 15.8 Å². The van der Waals surface area contributed by atoms with E-state index in [2.05, 4.69) is 233 Å². The van der Waals surface area contributed by atoms with Gasteiger partial charge in [-0.2, -0.15) is 0 Å². The van der Waals surface area contributed by atoms with Crippen molar-refractivity contribution in [3.05, 3.63) is 231 Å². The van der Waals surface area contributed by atoms with E-state index in [4.69, 9.17) is 0 Å². The second kappa shape index (κ2) is 13.8. The van der Waals surface area contributed by atoms with E-state index < -0.39 is 0 Å². The molecule has 70 heavy (non-hydrogen) atoms. The number of rotatable bonds is 5. The van der Waals surface area contributed by atoms with Crippen molar-refractivity contribution in [3.63, 3.8) is 0 Å². The zero-order chi connectivity index (χ0) is 45.9. The smallest absolute Gasteiger partial charge is 0.252 e. The Morgan fingerprint density at radius 2 is 0.800 bits per heavy atom. The van der Waals surface area contributed by atoms with Gasteiger partial charge >= 0.3 is 0 Å². The number of aromatic nitrogens is 2. The van der Waals surface area contributed by atoms with E-state index in [-0.39, 0.29) is 6.71 Å². The van der Waals surface area contributed by atoms with Gasteiger partial charge in [0.05, 0.1) is 27.8 Å². The lowest BCUT2D eigenvalue weighted by atomic mass is 9.34. The lowest BCUT2D eigenvalue weighted by molar-refractivity contribution is 1.13. The summed E-state index contributed by atoms with van der Waals surface area (Å²) in [5.41, 5.74) is 16.7. The maximum atomic E-state index is 4.27. The molecule has 2 aliphatic heterocycles. The largest absolute Gasteiger partial charge is 0.310 e. The molecule has 14 aromatic rings. The van der Waals surface area contributed by atoms with E-state index >= 15 is 0 Å². The topological polar surface area (TPSA) is 13.1 Å². The number of hydrogen-bond donors (Lipinski definition) is 0. The molecule has 3 nitrogen and oxygen atoms in total. The van der Waals surface area contributed by atoms with Gasteiger partial charge in [0.2, 0.25) is 0 Å². The zero-order valence-corrected chi connectivity index (χ0v) is 38.1. The number of fused-ring (bicyclic) bond motifs is 19. The molecule has 0 fully saturated rings. The molecular weight excluding hydrogens is 846 g/mol. The third-order valence-corrected chi connectivity index (χ3v) is 15.9. The van der Waals surface area contributed by atoms with E-state index in [0.717, 1.165) is 28.2 Å². The lowest BCUT2D eigenvalue weighted by Gasteiger charge is -2.36. The molecule has 0 atom stereocenters. The molecule has 4 heterocycles. The molecule has 0 radical (unpaired) electrons. The molecule has 0 spiro atoms.